The van der Waals surface area contributed by atoms with Crippen molar-refractivity contribution >= 4 is 21.8 Å². The average molecular weight is 356 g/mol. The fraction of sp³-hybridized carbons (Fsp3) is 0.462. The van der Waals surface area contributed by atoms with E-state index in [2.05, 4.69) is 21.2 Å². The number of rotatable bonds is 3. The van der Waals surface area contributed by atoms with Gasteiger partial charge in [0.2, 0.25) is 0 Å². The van der Waals surface area contributed by atoms with Crippen molar-refractivity contribution < 1.29 is 22.4 Å². The van der Waals surface area contributed by atoms with Crippen LogP contribution in [0.2, 0.25) is 0 Å². The highest BCUT2D eigenvalue weighted by atomic mass is 79.9. The molecule has 2 nitrogen and oxygen atoms in total. The first-order chi connectivity index (χ1) is 8.95. The summed E-state index contributed by atoms with van der Waals surface area (Å²) < 4.78 is 50.9. The molecule has 0 fully saturated rings. The summed E-state index contributed by atoms with van der Waals surface area (Å²) in [7, 11) is 0. The molecule has 0 aromatic heterocycles. The van der Waals surface area contributed by atoms with Crippen LogP contribution in [0.3, 0.4) is 0 Å². The van der Waals surface area contributed by atoms with Crippen molar-refractivity contribution in [3.8, 4) is 0 Å². The van der Waals surface area contributed by atoms with Gasteiger partial charge in [-0.25, -0.2) is 4.39 Å². The first-order valence-electron chi connectivity index (χ1n) is 5.78. The average Bonchev–Trinajstić information content (AvgIpc) is 2.26. The highest BCUT2D eigenvalue weighted by Crippen LogP contribution is 2.32. The van der Waals surface area contributed by atoms with Crippen molar-refractivity contribution in [2.75, 3.05) is 0 Å². The van der Waals surface area contributed by atoms with Crippen molar-refractivity contribution in [1.29, 1.82) is 0 Å². The molecule has 1 rings (SSSR count). The first kappa shape index (κ1) is 16.9. The number of nitrogens with one attached hydrogen (secondary N) is 1. The van der Waals surface area contributed by atoms with Gasteiger partial charge in [0.1, 0.15) is 5.82 Å². The van der Waals surface area contributed by atoms with E-state index >= 15 is 0 Å². The largest absolute Gasteiger partial charge is 0.419 e. The van der Waals surface area contributed by atoms with Crippen LogP contribution >= 0.6 is 15.9 Å². The molecule has 0 saturated heterocycles. The lowest BCUT2D eigenvalue weighted by atomic mass is 10.0. The predicted octanol–water partition coefficient (Wildman–Crippen LogP) is 4.14. The Morgan fingerprint density at radius 3 is 2.30 bits per heavy atom. The third-order valence-corrected chi connectivity index (χ3v) is 4.11. The topological polar surface area (TPSA) is 29.1 Å². The zero-order valence-corrected chi connectivity index (χ0v) is 12.7. The Balaban J connectivity index is 3.07. The standard InChI is InChI=1S/C13H14BrF4NO/c1-7(14)12(2,3)19-11(20)8-4-5-10(15)9(6-8)13(16,17)18/h4-7H,1-3H3,(H,19,20). The van der Waals surface area contributed by atoms with Crippen LogP contribution in [0.5, 0.6) is 0 Å². The highest BCUT2D eigenvalue weighted by Gasteiger charge is 2.35. The van der Waals surface area contributed by atoms with Crippen LogP contribution < -0.4 is 5.32 Å². The number of carbonyl (C=O) groups excluding carboxylic acids is 1. The molecule has 1 unspecified atom stereocenters. The van der Waals surface area contributed by atoms with E-state index in [9.17, 15) is 22.4 Å². The molecule has 1 N–H and O–H groups in total. The molecule has 1 amide bonds. The molecule has 20 heavy (non-hydrogen) atoms. The van der Waals surface area contributed by atoms with Gasteiger partial charge < -0.3 is 5.32 Å². The number of halogens is 5. The van der Waals surface area contributed by atoms with E-state index in [0.717, 1.165) is 6.07 Å². The summed E-state index contributed by atoms with van der Waals surface area (Å²) in [6.45, 7) is 5.24. The fourth-order valence-electron chi connectivity index (χ4n) is 1.35. The minimum atomic E-state index is -4.83. The number of hydrogen-bond acceptors (Lipinski definition) is 1. The number of benzene rings is 1. The molecular formula is C13H14BrF4NO. The monoisotopic (exact) mass is 355 g/mol. The minimum Gasteiger partial charge on any atom is -0.346 e. The van der Waals surface area contributed by atoms with Gasteiger partial charge in [-0.1, -0.05) is 22.9 Å². The molecule has 0 aliphatic heterocycles. The van der Waals surface area contributed by atoms with E-state index in [-0.39, 0.29) is 10.4 Å². The lowest BCUT2D eigenvalue weighted by Gasteiger charge is -2.29. The molecule has 0 bridgehead atoms. The van der Waals surface area contributed by atoms with Gasteiger partial charge in [-0.3, -0.25) is 4.79 Å². The lowest BCUT2D eigenvalue weighted by Crippen LogP contribution is -2.48. The molecule has 112 valence electrons. The van der Waals surface area contributed by atoms with Gasteiger partial charge >= 0.3 is 6.18 Å². The Morgan fingerprint density at radius 2 is 1.85 bits per heavy atom. The summed E-state index contributed by atoms with van der Waals surface area (Å²) in [5.74, 6) is -2.09. The van der Waals surface area contributed by atoms with Crippen LogP contribution in [0.4, 0.5) is 17.6 Å². The van der Waals surface area contributed by atoms with Crippen LogP contribution in [0.15, 0.2) is 18.2 Å². The normalized spacial score (nSPS) is 14.0. The molecular weight excluding hydrogens is 342 g/mol. The quantitative estimate of drug-likeness (QED) is 0.640. The van der Waals surface area contributed by atoms with E-state index < -0.39 is 29.0 Å². The van der Waals surface area contributed by atoms with Gasteiger partial charge in [0.05, 0.1) is 5.56 Å². The second-order valence-corrected chi connectivity index (χ2v) is 6.36. The zero-order chi connectivity index (χ0) is 15.7. The molecule has 7 heteroatoms. The third-order valence-electron chi connectivity index (χ3n) is 2.96. The first-order valence-corrected chi connectivity index (χ1v) is 6.70. The third kappa shape index (κ3) is 3.94. The van der Waals surface area contributed by atoms with E-state index in [1.165, 1.54) is 0 Å². The van der Waals surface area contributed by atoms with Crippen molar-refractivity contribution in [3.63, 3.8) is 0 Å². The van der Waals surface area contributed by atoms with Gasteiger partial charge in [0.15, 0.2) is 0 Å². The maximum atomic E-state index is 13.1. The maximum absolute atomic E-state index is 13.1. The van der Waals surface area contributed by atoms with Crippen molar-refractivity contribution in [3.05, 3.63) is 35.1 Å². The van der Waals surface area contributed by atoms with Crippen LogP contribution in [0.1, 0.15) is 36.7 Å². The number of amides is 1. The molecule has 0 aliphatic rings. The lowest BCUT2D eigenvalue weighted by molar-refractivity contribution is -0.140. The summed E-state index contributed by atoms with van der Waals surface area (Å²) in [6, 6.07) is 2.18. The predicted molar refractivity (Wildman–Crippen MR) is 71.3 cm³/mol. The fourth-order valence-corrected chi connectivity index (χ4v) is 1.46. The van der Waals surface area contributed by atoms with E-state index in [1.54, 1.807) is 20.8 Å². The highest BCUT2D eigenvalue weighted by molar-refractivity contribution is 9.09. The van der Waals surface area contributed by atoms with Crippen molar-refractivity contribution in [1.82, 2.24) is 5.32 Å². The number of carbonyl (C=O) groups is 1. The summed E-state index contributed by atoms with van der Waals surface area (Å²) in [5, 5.41) is 2.59. The number of hydrogen-bond donors (Lipinski definition) is 1. The second kappa shape index (κ2) is 5.71. The van der Waals surface area contributed by atoms with Crippen LogP contribution in [-0.4, -0.2) is 16.3 Å². The smallest absolute Gasteiger partial charge is 0.346 e. The molecule has 1 atom stereocenters. The van der Waals surface area contributed by atoms with Crippen molar-refractivity contribution in [2.45, 2.75) is 37.3 Å². The van der Waals surface area contributed by atoms with Gasteiger partial charge in [-0.2, -0.15) is 13.2 Å². The molecule has 1 aromatic rings. The Hall–Kier alpha value is -1.11. The van der Waals surface area contributed by atoms with Gasteiger partial charge in [-0.05, 0) is 32.0 Å². The summed E-state index contributed by atoms with van der Waals surface area (Å²) in [6.07, 6.45) is -4.83. The Kier molecular flexibility index (Phi) is 4.84. The van der Waals surface area contributed by atoms with E-state index in [4.69, 9.17) is 0 Å². The summed E-state index contributed by atoms with van der Waals surface area (Å²) in [4.78, 5) is 11.8. The Labute approximate surface area is 122 Å². The van der Waals surface area contributed by atoms with E-state index in [0.29, 0.717) is 12.1 Å². The summed E-state index contributed by atoms with van der Waals surface area (Å²) in [5.41, 5.74) is -2.35. The van der Waals surface area contributed by atoms with Crippen LogP contribution in [0.25, 0.3) is 0 Å². The Bertz CT molecular complexity index is 512. The SMILES string of the molecule is CC(Br)C(C)(C)NC(=O)c1ccc(F)c(C(F)(F)F)c1. The van der Waals surface area contributed by atoms with Crippen LogP contribution in [-0.2, 0) is 6.18 Å². The van der Waals surface area contributed by atoms with Gasteiger partial charge in [-0.15, -0.1) is 0 Å². The van der Waals surface area contributed by atoms with Crippen LogP contribution in [0, 0.1) is 5.82 Å². The molecule has 0 heterocycles. The van der Waals surface area contributed by atoms with E-state index in [1.807, 2.05) is 0 Å². The second-order valence-electron chi connectivity index (χ2n) is 4.98. The molecule has 0 spiro atoms. The summed E-state index contributed by atoms with van der Waals surface area (Å²) >= 11 is 3.30. The zero-order valence-electron chi connectivity index (χ0n) is 11.1. The van der Waals surface area contributed by atoms with Gasteiger partial charge in [0, 0.05) is 15.9 Å². The van der Waals surface area contributed by atoms with Gasteiger partial charge in [0.25, 0.3) is 5.91 Å². The molecule has 0 aliphatic carbocycles. The minimum absolute atomic E-state index is 0.0958. The molecule has 0 saturated carbocycles. The molecule has 0 radical (unpaired) electrons. The number of alkyl halides is 4. The maximum Gasteiger partial charge on any atom is 0.419 e. The Morgan fingerprint density at radius 1 is 1.30 bits per heavy atom. The van der Waals surface area contributed by atoms with Crippen molar-refractivity contribution in [2.24, 2.45) is 0 Å². The molecule has 1 aromatic carbocycles.